The number of nitrogens with zero attached hydrogens (tertiary/aromatic N) is 7. The van der Waals surface area contributed by atoms with Gasteiger partial charge in [-0.2, -0.15) is 13.2 Å². The number of hydrogen-bond acceptors (Lipinski definition) is 7. The van der Waals surface area contributed by atoms with Gasteiger partial charge in [0.2, 0.25) is 0 Å². The molecule has 0 fully saturated rings. The van der Waals surface area contributed by atoms with E-state index in [0.29, 0.717) is 22.1 Å². The molecule has 0 aliphatic carbocycles. The molecule has 5 aromatic rings. The van der Waals surface area contributed by atoms with Gasteiger partial charge in [-0.15, -0.1) is 10.2 Å². The molecular formula is C27H22ClF3N8O3. The van der Waals surface area contributed by atoms with Crippen LogP contribution in [0.1, 0.15) is 21.7 Å². The smallest absolute Gasteiger partial charge is 0.382 e. The lowest BCUT2D eigenvalue weighted by molar-refractivity contribution is -0.207. The van der Waals surface area contributed by atoms with Crippen molar-refractivity contribution in [2.75, 3.05) is 5.32 Å². The highest BCUT2D eigenvalue weighted by Gasteiger charge is 2.39. The lowest BCUT2D eigenvalue weighted by atomic mass is 10.1. The lowest BCUT2D eigenvalue weighted by Gasteiger charge is -2.15. The molecule has 0 aliphatic heterocycles. The van der Waals surface area contributed by atoms with Crippen molar-refractivity contribution in [3.8, 4) is 17.1 Å². The molecule has 0 bridgehead atoms. The van der Waals surface area contributed by atoms with Gasteiger partial charge in [0.1, 0.15) is 18.7 Å². The first-order valence-corrected chi connectivity index (χ1v) is 12.8. The van der Waals surface area contributed by atoms with Crippen LogP contribution in [-0.2, 0) is 13.1 Å². The van der Waals surface area contributed by atoms with Crippen molar-refractivity contribution in [2.45, 2.75) is 32.3 Å². The van der Waals surface area contributed by atoms with E-state index >= 15 is 0 Å². The minimum Gasteiger partial charge on any atom is -0.382 e. The molecule has 0 aliphatic rings. The van der Waals surface area contributed by atoms with Gasteiger partial charge in [0.05, 0.1) is 17.8 Å². The topological polar surface area (TPSA) is 133 Å². The van der Waals surface area contributed by atoms with Gasteiger partial charge in [-0.05, 0) is 61.0 Å². The van der Waals surface area contributed by atoms with Gasteiger partial charge < -0.3 is 10.4 Å². The fourth-order valence-corrected chi connectivity index (χ4v) is 4.20. The zero-order valence-corrected chi connectivity index (χ0v) is 22.6. The van der Waals surface area contributed by atoms with Crippen molar-refractivity contribution in [3.05, 3.63) is 106 Å². The predicted molar refractivity (Wildman–Crippen MR) is 146 cm³/mol. The van der Waals surface area contributed by atoms with E-state index < -0.39 is 30.4 Å². The van der Waals surface area contributed by atoms with E-state index in [4.69, 9.17) is 11.6 Å². The first-order valence-electron chi connectivity index (χ1n) is 12.4. The number of aryl methyl sites for hydroxylation is 1. The largest absolute Gasteiger partial charge is 0.416 e. The zero-order valence-electron chi connectivity index (χ0n) is 21.8. The fourth-order valence-electron chi connectivity index (χ4n) is 4.07. The van der Waals surface area contributed by atoms with Gasteiger partial charge in [0, 0.05) is 16.8 Å². The third-order valence-corrected chi connectivity index (χ3v) is 6.39. The summed E-state index contributed by atoms with van der Waals surface area (Å²) in [7, 11) is 0. The van der Waals surface area contributed by atoms with Gasteiger partial charge in [0.15, 0.2) is 17.8 Å². The molecule has 0 spiro atoms. The Hall–Kier alpha value is -4.82. The second-order valence-corrected chi connectivity index (χ2v) is 9.67. The molecule has 11 nitrogen and oxygen atoms in total. The second-order valence-electron chi connectivity index (χ2n) is 9.23. The molecule has 0 saturated carbocycles. The average Bonchev–Trinajstić information content (AvgIpc) is 3.53. The molecule has 0 saturated heterocycles. The number of halogens is 4. The molecule has 15 heteroatoms. The Morgan fingerprint density at radius 1 is 1.07 bits per heavy atom. The van der Waals surface area contributed by atoms with Crippen molar-refractivity contribution in [2.24, 2.45) is 0 Å². The summed E-state index contributed by atoms with van der Waals surface area (Å²) in [4.78, 5) is 34.5. The SMILES string of the molecule is Cc1ccnc(NC(=O)c2ccccc2-n2cnc(Cn3nc(-c4ccc(Cl)cc4)n(CC(O)C(F)(F)F)c3=O)n2)c1. The van der Waals surface area contributed by atoms with Gasteiger partial charge in [-0.1, -0.05) is 23.7 Å². The highest BCUT2D eigenvalue weighted by Crippen LogP contribution is 2.24. The molecule has 1 atom stereocenters. The number of para-hydroxylation sites is 1. The highest BCUT2D eigenvalue weighted by atomic mass is 35.5. The monoisotopic (exact) mass is 598 g/mol. The normalized spacial score (nSPS) is 12.3. The number of nitrogens with one attached hydrogen (secondary N) is 1. The molecule has 3 aromatic heterocycles. The Morgan fingerprint density at radius 3 is 2.52 bits per heavy atom. The van der Waals surface area contributed by atoms with Crippen molar-refractivity contribution < 1.29 is 23.1 Å². The summed E-state index contributed by atoms with van der Waals surface area (Å²) in [5.41, 5.74) is 0.967. The molecule has 2 N–H and O–H groups in total. The fraction of sp³-hybridized carbons (Fsp3) is 0.185. The molecular weight excluding hydrogens is 577 g/mol. The van der Waals surface area contributed by atoms with E-state index in [9.17, 15) is 27.9 Å². The summed E-state index contributed by atoms with van der Waals surface area (Å²) >= 11 is 5.93. The Morgan fingerprint density at radius 2 is 1.81 bits per heavy atom. The maximum Gasteiger partial charge on any atom is 0.416 e. The van der Waals surface area contributed by atoms with Crippen molar-refractivity contribution in [3.63, 3.8) is 0 Å². The first kappa shape index (κ1) is 28.7. The van der Waals surface area contributed by atoms with Crippen LogP contribution in [0.25, 0.3) is 17.1 Å². The Labute approximate surface area is 240 Å². The number of anilines is 1. The minimum atomic E-state index is -4.95. The van der Waals surface area contributed by atoms with Crippen molar-refractivity contribution in [1.82, 2.24) is 34.1 Å². The number of carbonyl (C=O) groups is 1. The van der Waals surface area contributed by atoms with Crippen LogP contribution >= 0.6 is 11.6 Å². The maximum absolute atomic E-state index is 13.2. The molecule has 1 unspecified atom stereocenters. The summed E-state index contributed by atoms with van der Waals surface area (Å²) in [5, 5.41) is 21.4. The minimum absolute atomic E-state index is 0.0938. The van der Waals surface area contributed by atoms with Crippen LogP contribution in [0, 0.1) is 6.92 Å². The van der Waals surface area contributed by atoms with Crippen molar-refractivity contribution in [1.29, 1.82) is 0 Å². The quantitative estimate of drug-likeness (QED) is 0.277. The molecule has 2 aromatic carbocycles. The van der Waals surface area contributed by atoms with Crippen LogP contribution < -0.4 is 11.0 Å². The Balaban J connectivity index is 1.44. The molecule has 216 valence electrons. The Bertz CT molecular complexity index is 1800. The van der Waals surface area contributed by atoms with Gasteiger partial charge >= 0.3 is 11.9 Å². The number of benzene rings is 2. The third kappa shape index (κ3) is 6.24. The van der Waals surface area contributed by atoms with Crippen LogP contribution in [0.15, 0.2) is 78.0 Å². The van der Waals surface area contributed by atoms with E-state index in [2.05, 4.69) is 25.5 Å². The second kappa shape index (κ2) is 11.6. The summed E-state index contributed by atoms with van der Waals surface area (Å²) in [6.07, 6.45) is -4.84. The lowest BCUT2D eigenvalue weighted by Crippen LogP contribution is -2.37. The van der Waals surface area contributed by atoms with Crippen molar-refractivity contribution >= 4 is 23.3 Å². The number of hydrogen-bond donors (Lipinski definition) is 2. The van der Waals surface area contributed by atoms with Gasteiger partial charge in [-0.25, -0.2) is 24.1 Å². The standard InChI is InChI=1S/C27H22ClF3N8O3/c1-16-10-11-32-22(12-16)34-25(41)19-4-2-3-5-20(19)39-15-33-23(35-39)14-38-26(42)37(13-21(40)27(29,30)31)24(36-38)17-6-8-18(28)9-7-17/h2-12,15,21,40H,13-14H2,1H3,(H,32,34,41). The van der Waals surface area contributed by atoms with Gasteiger partial charge in [-0.3, -0.25) is 9.36 Å². The Kier molecular flexibility index (Phi) is 7.91. The number of amides is 1. The number of aliphatic hydroxyl groups is 1. The molecule has 3 heterocycles. The summed E-state index contributed by atoms with van der Waals surface area (Å²) in [6.45, 7) is 0.497. The molecule has 42 heavy (non-hydrogen) atoms. The van der Waals surface area contributed by atoms with Crippen LogP contribution in [-0.4, -0.2) is 57.4 Å². The predicted octanol–water partition coefficient (Wildman–Crippen LogP) is 3.87. The van der Waals surface area contributed by atoms with Gasteiger partial charge in [0.25, 0.3) is 5.91 Å². The summed E-state index contributed by atoms with van der Waals surface area (Å²) in [6, 6.07) is 16.1. The summed E-state index contributed by atoms with van der Waals surface area (Å²) < 4.78 is 42.4. The highest BCUT2D eigenvalue weighted by molar-refractivity contribution is 6.30. The van der Waals surface area contributed by atoms with E-state index in [1.54, 1.807) is 42.6 Å². The molecule has 5 rings (SSSR count). The number of carbonyl (C=O) groups excluding carboxylic acids is 1. The van der Waals surface area contributed by atoms with Crippen LogP contribution in [0.2, 0.25) is 5.02 Å². The van der Waals surface area contributed by atoms with Crippen LogP contribution in [0.4, 0.5) is 19.0 Å². The number of aliphatic hydroxyl groups excluding tert-OH is 1. The zero-order chi connectivity index (χ0) is 30.0. The summed E-state index contributed by atoms with van der Waals surface area (Å²) in [5.74, 6) is -0.0785. The number of aromatic nitrogens is 7. The first-order chi connectivity index (χ1) is 20.0. The van der Waals surface area contributed by atoms with E-state index in [1.165, 1.54) is 35.3 Å². The number of pyridine rings is 1. The van der Waals surface area contributed by atoms with Crippen LogP contribution in [0.5, 0.6) is 0 Å². The van der Waals surface area contributed by atoms with E-state index in [-0.39, 0.29) is 23.8 Å². The number of rotatable bonds is 8. The van der Waals surface area contributed by atoms with E-state index in [0.717, 1.165) is 14.8 Å². The molecule has 1 amide bonds. The number of alkyl halides is 3. The maximum atomic E-state index is 13.2. The average molecular weight is 599 g/mol. The third-order valence-electron chi connectivity index (χ3n) is 6.14. The van der Waals surface area contributed by atoms with E-state index in [1.807, 2.05) is 6.92 Å². The van der Waals surface area contributed by atoms with Crippen LogP contribution in [0.3, 0.4) is 0 Å². The molecule has 0 radical (unpaired) electrons.